The molecule has 0 saturated heterocycles. The van der Waals surface area contributed by atoms with Gasteiger partial charge in [0.2, 0.25) is 0 Å². The van der Waals surface area contributed by atoms with Gasteiger partial charge < -0.3 is 4.57 Å². The Labute approximate surface area is 108 Å². The summed E-state index contributed by atoms with van der Waals surface area (Å²) in [4.78, 5) is 16.5. The van der Waals surface area contributed by atoms with Crippen molar-refractivity contribution < 1.29 is 0 Å². The highest BCUT2D eigenvalue weighted by Gasteiger charge is 2.10. The summed E-state index contributed by atoms with van der Waals surface area (Å²) in [5.74, 6) is 0. The van der Waals surface area contributed by atoms with E-state index >= 15 is 0 Å². The van der Waals surface area contributed by atoms with E-state index < -0.39 is 0 Å². The maximum absolute atomic E-state index is 12.1. The van der Waals surface area contributed by atoms with Gasteiger partial charge in [-0.05, 0) is 18.6 Å². The molecule has 6 heteroatoms. The number of hydrogen-bond acceptors (Lipinski definition) is 4. The summed E-state index contributed by atoms with van der Waals surface area (Å²) in [5.41, 5.74) is 0.660. The van der Waals surface area contributed by atoms with Crippen molar-refractivity contribution in [3.8, 4) is 0 Å². The molecule has 2 rings (SSSR count). The van der Waals surface area contributed by atoms with Gasteiger partial charge in [-0.3, -0.25) is 9.36 Å². The molecular weight excluding hydrogens is 254 g/mol. The van der Waals surface area contributed by atoms with E-state index in [0.29, 0.717) is 27.4 Å². The Hall–Kier alpha value is -1.27. The fourth-order valence-corrected chi connectivity index (χ4v) is 2.98. The van der Waals surface area contributed by atoms with E-state index in [4.69, 9.17) is 12.2 Å². The molecule has 0 radical (unpaired) electrons. The van der Waals surface area contributed by atoms with Crippen LogP contribution in [0.4, 0.5) is 0 Å². The summed E-state index contributed by atoms with van der Waals surface area (Å²) in [6.07, 6.45) is 4.25. The van der Waals surface area contributed by atoms with Gasteiger partial charge in [0.1, 0.15) is 4.70 Å². The fourth-order valence-electron chi connectivity index (χ4n) is 1.66. The maximum Gasteiger partial charge on any atom is 0.272 e. The number of allylic oxidation sites excluding steroid dienone is 1. The zero-order valence-electron chi connectivity index (χ0n) is 9.55. The minimum absolute atomic E-state index is 0.00392. The summed E-state index contributed by atoms with van der Waals surface area (Å²) in [7, 11) is 0. The molecule has 0 amide bonds. The molecule has 0 atom stereocenters. The van der Waals surface area contributed by atoms with Crippen LogP contribution in [0.2, 0.25) is 0 Å². The molecule has 17 heavy (non-hydrogen) atoms. The van der Waals surface area contributed by atoms with Gasteiger partial charge in [0.15, 0.2) is 9.60 Å². The topological polar surface area (TPSA) is 39.8 Å². The summed E-state index contributed by atoms with van der Waals surface area (Å²) >= 11 is 6.55. The van der Waals surface area contributed by atoms with Gasteiger partial charge in [0, 0.05) is 13.1 Å². The van der Waals surface area contributed by atoms with E-state index in [0.717, 1.165) is 6.42 Å². The lowest BCUT2D eigenvalue weighted by molar-refractivity contribution is 0.646. The van der Waals surface area contributed by atoms with Crippen molar-refractivity contribution in [3.63, 3.8) is 0 Å². The Morgan fingerprint density at radius 1 is 1.65 bits per heavy atom. The van der Waals surface area contributed by atoms with Crippen LogP contribution in [0.1, 0.15) is 13.3 Å². The third kappa shape index (κ3) is 2.10. The Morgan fingerprint density at radius 3 is 3.06 bits per heavy atom. The van der Waals surface area contributed by atoms with E-state index in [1.54, 1.807) is 17.0 Å². The van der Waals surface area contributed by atoms with Gasteiger partial charge in [0.05, 0.1) is 6.33 Å². The summed E-state index contributed by atoms with van der Waals surface area (Å²) < 4.78 is 4.76. The lowest BCUT2D eigenvalue weighted by Crippen LogP contribution is -2.20. The molecule has 0 bridgehead atoms. The monoisotopic (exact) mass is 267 g/mol. The van der Waals surface area contributed by atoms with E-state index in [9.17, 15) is 4.79 Å². The quantitative estimate of drug-likeness (QED) is 0.631. The van der Waals surface area contributed by atoms with Crippen LogP contribution in [0.5, 0.6) is 0 Å². The number of nitrogens with zero attached hydrogens (tertiary/aromatic N) is 3. The molecular formula is C11H13N3OS2. The van der Waals surface area contributed by atoms with E-state index in [2.05, 4.69) is 11.6 Å². The predicted molar refractivity (Wildman–Crippen MR) is 73.2 cm³/mol. The largest absolute Gasteiger partial charge is 0.304 e. The lowest BCUT2D eigenvalue weighted by Gasteiger charge is -2.03. The average molecular weight is 267 g/mol. The minimum Gasteiger partial charge on any atom is -0.304 e. The van der Waals surface area contributed by atoms with Crippen LogP contribution in [0, 0.1) is 3.95 Å². The normalized spacial score (nSPS) is 10.9. The number of fused-ring (bicyclic) bond motifs is 1. The molecule has 2 aromatic heterocycles. The highest BCUT2D eigenvalue weighted by molar-refractivity contribution is 7.73. The highest BCUT2D eigenvalue weighted by atomic mass is 32.1. The van der Waals surface area contributed by atoms with Gasteiger partial charge >= 0.3 is 0 Å². The first kappa shape index (κ1) is 12.2. The standard InChI is InChI=1S/C11H13N3OS2/c1-3-5-13-7-12-9-8(10(13)15)17-11(16)14(9)6-4-2/h4,7H,2-3,5-6H2,1H3. The van der Waals surface area contributed by atoms with Crippen molar-refractivity contribution in [1.29, 1.82) is 0 Å². The number of hydrogen-bond donors (Lipinski definition) is 0. The molecule has 0 aromatic carbocycles. The number of aryl methyl sites for hydroxylation is 1. The first-order valence-corrected chi connectivity index (χ1v) is 6.61. The molecule has 0 aliphatic carbocycles. The first-order chi connectivity index (χ1) is 8.19. The second-order valence-corrected chi connectivity index (χ2v) is 5.31. The van der Waals surface area contributed by atoms with Crippen LogP contribution in [0.15, 0.2) is 23.8 Å². The third-order valence-electron chi connectivity index (χ3n) is 2.42. The van der Waals surface area contributed by atoms with E-state index in [1.807, 2.05) is 11.5 Å². The van der Waals surface area contributed by atoms with Crippen LogP contribution >= 0.6 is 23.6 Å². The van der Waals surface area contributed by atoms with Crippen molar-refractivity contribution in [2.45, 2.75) is 26.4 Å². The molecule has 0 spiro atoms. The zero-order chi connectivity index (χ0) is 12.4. The SMILES string of the molecule is C=CCn1c(=S)sc2c(=O)n(CCC)cnc21. The van der Waals surface area contributed by atoms with E-state index in [-0.39, 0.29) is 5.56 Å². The van der Waals surface area contributed by atoms with Gasteiger partial charge in [-0.2, -0.15) is 0 Å². The minimum atomic E-state index is -0.00392. The first-order valence-electron chi connectivity index (χ1n) is 5.38. The van der Waals surface area contributed by atoms with Crippen molar-refractivity contribution in [3.05, 3.63) is 33.3 Å². The van der Waals surface area contributed by atoms with Crippen LogP contribution < -0.4 is 5.56 Å². The van der Waals surface area contributed by atoms with E-state index in [1.165, 1.54) is 11.3 Å². The van der Waals surface area contributed by atoms with Crippen LogP contribution in [-0.2, 0) is 13.1 Å². The maximum atomic E-state index is 12.1. The Kier molecular flexibility index (Phi) is 3.54. The Bertz CT molecular complexity index is 665. The van der Waals surface area contributed by atoms with Crippen molar-refractivity contribution in [1.82, 2.24) is 14.1 Å². The molecule has 90 valence electrons. The molecule has 0 aliphatic rings. The molecule has 2 heterocycles. The third-order valence-corrected chi connectivity index (χ3v) is 3.85. The number of aromatic nitrogens is 3. The molecule has 0 saturated carbocycles. The smallest absolute Gasteiger partial charge is 0.272 e. The van der Waals surface area contributed by atoms with Crippen LogP contribution in [0.3, 0.4) is 0 Å². The molecule has 2 aromatic rings. The second kappa shape index (κ2) is 4.93. The highest BCUT2D eigenvalue weighted by Crippen LogP contribution is 2.17. The number of thiazole rings is 1. The van der Waals surface area contributed by atoms with Crippen LogP contribution in [0.25, 0.3) is 10.3 Å². The molecule has 0 unspecified atom stereocenters. The zero-order valence-corrected chi connectivity index (χ0v) is 11.2. The summed E-state index contributed by atoms with van der Waals surface area (Å²) in [5, 5.41) is 0. The lowest BCUT2D eigenvalue weighted by atomic mass is 10.4. The number of rotatable bonds is 4. The molecule has 4 nitrogen and oxygen atoms in total. The second-order valence-electron chi connectivity index (χ2n) is 3.66. The van der Waals surface area contributed by atoms with Gasteiger partial charge in [-0.25, -0.2) is 4.98 Å². The van der Waals surface area contributed by atoms with Crippen molar-refractivity contribution in [2.24, 2.45) is 0 Å². The van der Waals surface area contributed by atoms with Gasteiger partial charge in [0.25, 0.3) is 5.56 Å². The average Bonchev–Trinajstić information content (AvgIpc) is 2.62. The molecule has 0 aliphatic heterocycles. The Morgan fingerprint density at radius 2 is 2.41 bits per heavy atom. The summed E-state index contributed by atoms with van der Waals surface area (Å²) in [6.45, 7) is 6.98. The predicted octanol–water partition coefficient (Wildman–Crippen LogP) is 2.58. The summed E-state index contributed by atoms with van der Waals surface area (Å²) in [6, 6.07) is 0. The van der Waals surface area contributed by atoms with Gasteiger partial charge in [-0.1, -0.05) is 24.3 Å². The molecule has 0 N–H and O–H groups in total. The van der Waals surface area contributed by atoms with Crippen molar-refractivity contribution in [2.75, 3.05) is 0 Å². The van der Waals surface area contributed by atoms with Crippen molar-refractivity contribution >= 4 is 33.9 Å². The Balaban J connectivity index is 2.72. The van der Waals surface area contributed by atoms with Gasteiger partial charge in [-0.15, -0.1) is 6.58 Å². The molecule has 0 fully saturated rings. The van der Waals surface area contributed by atoms with Crippen LogP contribution in [-0.4, -0.2) is 14.1 Å². The fraction of sp³-hybridized carbons (Fsp3) is 0.364.